The van der Waals surface area contributed by atoms with Gasteiger partial charge in [-0.25, -0.2) is 0 Å². The van der Waals surface area contributed by atoms with Crippen LogP contribution in [0.25, 0.3) is 10.8 Å². The van der Waals surface area contributed by atoms with Crippen LogP contribution in [0.15, 0.2) is 90.0 Å². The summed E-state index contributed by atoms with van der Waals surface area (Å²) in [5.41, 5.74) is 3.14. The summed E-state index contributed by atoms with van der Waals surface area (Å²) in [4.78, 5) is 12.3. The van der Waals surface area contributed by atoms with Crippen LogP contribution in [0.1, 0.15) is 43.7 Å². The summed E-state index contributed by atoms with van der Waals surface area (Å²) in [5.74, 6) is 0.983. The van der Waals surface area contributed by atoms with E-state index in [1.54, 1.807) is 6.08 Å². The molecule has 158 valence electrons. The third kappa shape index (κ3) is 3.56. The molecule has 5 rings (SSSR count). The second kappa shape index (κ2) is 7.69. The second-order valence-corrected chi connectivity index (χ2v) is 9.28. The summed E-state index contributed by atoms with van der Waals surface area (Å²) >= 11 is 0. The molecule has 4 heteroatoms. The van der Waals surface area contributed by atoms with Gasteiger partial charge in [0.1, 0.15) is 17.4 Å². The van der Waals surface area contributed by atoms with Crippen molar-refractivity contribution < 1.29 is 9.53 Å². The van der Waals surface area contributed by atoms with Gasteiger partial charge in [0.15, 0.2) is 5.78 Å². The Morgan fingerprint density at radius 3 is 2.50 bits per heavy atom. The highest BCUT2D eigenvalue weighted by molar-refractivity contribution is 5.92. The maximum absolute atomic E-state index is 12.3. The van der Waals surface area contributed by atoms with E-state index >= 15 is 0 Å². The molecule has 0 spiro atoms. The SMILES string of the molecule is CC1(C)CC(=O)C=C(NC2=C(C#N)C(c3ccccc3)c3ccc4ccccc4c3O2)C1. The molecule has 1 aliphatic heterocycles. The molecular formula is C28H24N2O2. The van der Waals surface area contributed by atoms with Crippen LogP contribution in [0.4, 0.5) is 0 Å². The molecule has 1 heterocycles. The molecule has 4 nitrogen and oxygen atoms in total. The number of ketones is 1. The summed E-state index contributed by atoms with van der Waals surface area (Å²) in [6.45, 7) is 4.16. The predicted molar refractivity (Wildman–Crippen MR) is 125 cm³/mol. The van der Waals surface area contributed by atoms with Crippen molar-refractivity contribution in [2.45, 2.75) is 32.6 Å². The summed E-state index contributed by atoms with van der Waals surface area (Å²) in [7, 11) is 0. The first-order chi connectivity index (χ1) is 15.4. The second-order valence-electron chi connectivity index (χ2n) is 9.28. The molecule has 1 N–H and O–H groups in total. The highest BCUT2D eigenvalue weighted by atomic mass is 16.5. The third-order valence-electron chi connectivity index (χ3n) is 6.14. The van der Waals surface area contributed by atoms with Crippen molar-refractivity contribution in [1.82, 2.24) is 5.32 Å². The van der Waals surface area contributed by atoms with E-state index in [-0.39, 0.29) is 17.1 Å². The summed E-state index contributed by atoms with van der Waals surface area (Å²) < 4.78 is 6.40. The lowest BCUT2D eigenvalue weighted by molar-refractivity contribution is -0.117. The fourth-order valence-electron chi connectivity index (χ4n) is 4.82. The highest BCUT2D eigenvalue weighted by Gasteiger charge is 2.34. The summed E-state index contributed by atoms with van der Waals surface area (Å²) in [6.07, 6.45) is 2.87. The molecule has 0 bridgehead atoms. The molecule has 0 aromatic heterocycles. The lowest BCUT2D eigenvalue weighted by atomic mass is 9.78. The molecule has 0 radical (unpaired) electrons. The van der Waals surface area contributed by atoms with Gasteiger partial charge in [0.05, 0.1) is 5.92 Å². The minimum atomic E-state index is -0.259. The third-order valence-corrected chi connectivity index (χ3v) is 6.14. The van der Waals surface area contributed by atoms with E-state index in [0.717, 1.165) is 33.3 Å². The zero-order valence-corrected chi connectivity index (χ0v) is 18.2. The Kier molecular flexibility index (Phi) is 4.83. The Morgan fingerprint density at radius 2 is 1.75 bits per heavy atom. The average Bonchev–Trinajstić information content (AvgIpc) is 2.77. The van der Waals surface area contributed by atoms with Crippen molar-refractivity contribution in [3.05, 3.63) is 101 Å². The number of hydrogen-bond donors (Lipinski definition) is 1. The standard InChI is InChI=1S/C28H24N2O2/c1-28(2)15-20(14-21(31)16-28)30-27-24(17-29)25(19-9-4-3-5-10-19)23-13-12-18-8-6-7-11-22(18)26(23)32-27/h3-14,25,30H,15-16H2,1-2H3. The summed E-state index contributed by atoms with van der Waals surface area (Å²) in [5, 5.41) is 15.6. The smallest absolute Gasteiger partial charge is 0.212 e. The van der Waals surface area contributed by atoms with Gasteiger partial charge >= 0.3 is 0 Å². The van der Waals surface area contributed by atoms with Crippen molar-refractivity contribution in [1.29, 1.82) is 5.26 Å². The maximum Gasteiger partial charge on any atom is 0.212 e. The molecule has 1 aliphatic carbocycles. The monoisotopic (exact) mass is 420 g/mol. The number of carbonyl (C=O) groups is 1. The fourth-order valence-corrected chi connectivity index (χ4v) is 4.82. The quantitative estimate of drug-likeness (QED) is 0.568. The van der Waals surface area contributed by atoms with E-state index < -0.39 is 0 Å². The number of nitrogens with zero attached hydrogens (tertiary/aromatic N) is 1. The minimum absolute atomic E-state index is 0.0872. The van der Waals surface area contributed by atoms with Crippen LogP contribution < -0.4 is 10.1 Å². The van der Waals surface area contributed by atoms with E-state index in [0.29, 0.717) is 24.3 Å². The summed E-state index contributed by atoms with van der Waals surface area (Å²) in [6, 6.07) is 24.6. The number of fused-ring (bicyclic) bond motifs is 3. The Morgan fingerprint density at radius 1 is 1.00 bits per heavy atom. The number of ether oxygens (including phenoxy) is 1. The van der Waals surface area contributed by atoms with Gasteiger partial charge in [0.25, 0.3) is 0 Å². The first kappa shape index (κ1) is 20.1. The normalized spacial score (nSPS) is 19.6. The molecule has 0 fully saturated rings. The van der Waals surface area contributed by atoms with Crippen molar-refractivity contribution in [3.63, 3.8) is 0 Å². The minimum Gasteiger partial charge on any atom is -0.439 e. The first-order valence-electron chi connectivity index (χ1n) is 10.8. The average molecular weight is 421 g/mol. The van der Waals surface area contributed by atoms with Crippen LogP contribution in [0.2, 0.25) is 0 Å². The van der Waals surface area contributed by atoms with Gasteiger partial charge in [-0.1, -0.05) is 80.6 Å². The van der Waals surface area contributed by atoms with Crippen LogP contribution >= 0.6 is 0 Å². The van der Waals surface area contributed by atoms with E-state index in [2.05, 4.69) is 43.4 Å². The van der Waals surface area contributed by atoms with Crippen molar-refractivity contribution in [2.24, 2.45) is 5.41 Å². The predicted octanol–water partition coefficient (Wildman–Crippen LogP) is 5.96. The van der Waals surface area contributed by atoms with Gasteiger partial charge < -0.3 is 10.1 Å². The van der Waals surface area contributed by atoms with Gasteiger partial charge in [0, 0.05) is 29.1 Å². The molecule has 0 amide bonds. The van der Waals surface area contributed by atoms with E-state index in [9.17, 15) is 10.1 Å². The molecule has 3 aromatic rings. The number of carbonyl (C=O) groups excluding carboxylic acids is 1. The number of benzene rings is 3. The van der Waals surface area contributed by atoms with Crippen LogP contribution in [0.3, 0.4) is 0 Å². The van der Waals surface area contributed by atoms with E-state index in [1.807, 2.05) is 48.5 Å². The number of rotatable bonds is 3. The van der Waals surface area contributed by atoms with Crippen LogP contribution in [0.5, 0.6) is 5.75 Å². The molecule has 32 heavy (non-hydrogen) atoms. The Bertz CT molecular complexity index is 1330. The molecule has 2 aliphatic rings. The largest absolute Gasteiger partial charge is 0.439 e. The van der Waals surface area contributed by atoms with Gasteiger partial charge in [-0.2, -0.15) is 5.26 Å². The number of nitrogens with one attached hydrogen (secondary N) is 1. The maximum atomic E-state index is 12.3. The Hall–Kier alpha value is -3.84. The van der Waals surface area contributed by atoms with Gasteiger partial charge in [-0.15, -0.1) is 0 Å². The van der Waals surface area contributed by atoms with Crippen molar-refractivity contribution in [3.8, 4) is 11.8 Å². The van der Waals surface area contributed by atoms with E-state index in [1.165, 1.54) is 0 Å². The number of allylic oxidation sites excluding steroid dienone is 3. The molecule has 1 unspecified atom stereocenters. The lowest BCUT2D eigenvalue weighted by Gasteiger charge is -2.33. The van der Waals surface area contributed by atoms with Gasteiger partial charge in [-0.3, -0.25) is 4.79 Å². The van der Waals surface area contributed by atoms with Crippen molar-refractivity contribution in [2.75, 3.05) is 0 Å². The topological polar surface area (TPSA) is 62.1 Å². The Labute approximate surface area is 187 Å². The van der Waals surface area contributed by atoms with E-state index in [4.69, 9.17) is 4.74 Å². The van der Waals surface area contributed by atoms with Gasteiger partial charge in [-0.05, 0) is 22.8 Å². The lowest BCUT2D eigenvalue weighted by Crippen LogP contribution is -2.31. The molecule has 3 aromatic carbocycles. The van der Waals surface area contributed by atoms with Crippen LogP contribution in [-0.2, 0) is 4.79 Å². The van der Waals surface area contributed by atoms with Crippen molar-refractivity contribution >= 4 is 16.6 Å². The first-order valence-corrected chi connectivity index (χ1v) is 10.8. The molecular weight excluding hydrogens is 396 g/mol. The zero-order chi connectivity index (χ0) is 22.3. The highest BCUT2D eigenvalue weighted by Crippen LogP contribution is 2.46. The molecule has 0 saturated heterocycles. The van der Waals surface area contributed by atoms with Gasteiger partial charge in [0.2, 0.25) is 5.88 Å². The number of hydrogen-bond acceptors (Lipinski definition) is 4. The zero-order valence-electron chi connectivity index (χ0n) is 18.2. The number of nitriles is 1. The fraction of sp³-hybridized carbons (Fsp3) is 0.214. The molecule has 0 saturated carbocycles. The van der Waals surface area contributed by atoms with Crippen LogP contribution in [0, 0.1) is 16.7 Å². The Balaban J connectivity index is 1.68. The van der Waals surface area contributed by atoms with Crippen LogP contribution in [-0.4, -0.2) is 5.78 Å². The molecule has 1 atom stereocenters.